The minimum Gasteiger partial charge on any atom is -0.481 e. The van der Waals surface area contributed by atoms with Crippen LogP contribution in [0.5, 0.6) is 11.5 Å². The fraction of sp³-hybridized carbons (Fsp3) is 0.533. The smallest absolute Gasteiger partial charge is 0.309 e. The third-order valence-corrected chi connectivity index (χ3v) is 3.78. The number of carboxylic acid groups (broad SMARTS) is 1. The minimum atomic E-state index is -1.44. The van der Waals surface area contributed by atoms with Crippen LogP contribution in [0.25, 0.3) is 0 Å². The van der Waals surface area contributed by atoms with Gasteiger partial charge in [0.2, 0.25) is 6.79 Å². The van der Waals surface area contributed by atoms with Gasteiger partial charge in [-0.25, -0.2) is 0 Å². The number of benzene rings is 1. The molecule has 2 N–H and O–H groups in total. The number of aliphatic hydroxyl groups is 1. The molecule has 0 aromatic heterocycles. The van der Waals surface area contributed by atoms with E-state index in [2.05, 4.69) is 0 Å². The summed E-state index contributed by atoms with van der Waals surface area (Å²) in [6.45, 7) is 3.69. The van der Waals surface area contributed by atoms with Crippen LogP contribution in [0.1, 0.15) is 38.7 Å². The number of unbranched alkanes of at least 4 members (excludes halogenated alkanes) is 1. The van der Waals surface area contributed by atoms with E-state index in [1.807, 2.05) is 6.92 Å². The molecule has 0 radical (unpaired) electrons. The van der Waals surface area contributed by atoms with Crippen molar-refractivity contribution in [3.8, 4) is 11.5 Å². The van der Waals surface area contributed by atoms with Gasteiger partial charge in [-0.3, -0.25) is 4.79 Å². The summed E-state index contributed by atoms with van der Waals surface area (Å²) in [5.41, 5.74) is -0.910. The second-order valence-electron chi connectivity index (χ2n) is 5.25. The van der Waals surface area contributed by atoms with Crippen LogP contribution < -0.4 is 9.47 Å². The van der Waals surface area contributed by atoms with E-state index in [1.165, 1.54) is 0 Å². The van der Waals surface area contributed by atoms with Gasteiger partial charge in [-0.2, -0.15) is 0 Å². The number of aliphatic carboxylic acids is 1. The molecule has 0 bridgehead atoms. The van der Waals surface area contributed by atoms with Gasteiger partial charge >= 0.3 is 5.97 Å². The van der Waals surface area contributed by atoms with E-state index >= 15 is 0 Å². The average Bonchev–Trinajstić information content (AvgIpc) is 2.85. The van der Waals surface area contributed by atoms with E-state index in [-0.39, 0.29) is 6.79 Å². The number of carboxylic acids is 1. The standard InChI is InChI=1S/C15H20O5/c1-3-4-5-11(14(16)17)15(2,18)10-6-7-12-13(8-10)20-9-19-12/h6-8,11,18H,3-5,9H2,1-2H3,(H,16,17). The lowest BCUT2D eigenvalue weighted by Gasteiger charge is -2.30. The number of carbonyl (C=O) groups is 1. The van der Waals surface area contributed by atoms with E-state index in [4.69, 9.17) is 9.47 Å². The predicted octanol–water partition coefficient (Wildman–Crippen LogP) is 2.51. The molecule has 0 fully saturated rings. The molecular formula is C15H20O5. The van der Waals surface area contributed by atoms with E-state index in [0.717, 1.165) is 12.8 Å². The first-order valence-corrected chi connectivity index (χ1v) is 6.82. The molecule has 0 amide bonds. The number of ether oxygens (including phenoxy) is 2. The van der Waals surface area contributed by atoms with Crippen LogP contribution in [0.15, 0.2) is 18.2 Å². The molecule has 2 rings (SSSR count). The Balaban J connectivity index is 2.29. The molecule has 1 aliphatic heterocycles. The maximum Gasteiger partial charge on any atom is 0.309 e. The Bertz CT molecular complexity index is 495. The Labute approximate surface area is 118 Å². The van der Waals surface area contributed by atoms with Gasteiger partial charge in [0.05, 0.1) is 5.92 Å². The van der Waals surface area contributed by atoms with Gasteiger partial charge in [0, 0.05) is 0 Å². The van der Waals surface area contributed by atoms with E-state index in [0.29, 0.717) is 23.5 Å². The Morgan fingerprint density at radius 3 is 2.75 bits per heavy atom. The predicted molar refractivity (Wildman–Crippen MR) is 72.8 cm³/mol. The molecule has 0 saturated heterocycles. The minimum absolute atomic E-state index is 0.152. The Hall–Kier alpha value is -1.75. The molecular weight excluding hydrogens is 260 g/mol. The van der Waals surface area contributed by atoms with Crippen molar-refractivity contribution in [1.82, 2.24) is 0 Å². The molecule has 1 heterocycles. The highest BCUT2D eigenvalue weighted by molar-refractivity contribution is 5.72. The zero-order valence-electron chi connectivity index (χ0n) is 11.8. The summed E-state index contributed by atoms with van der Waals surface area (Å²) < 4.78 is 10.5. The number of fused-ring (bicyclic) bond motifs is 1. The third kappa shape index (κ3) is 2.72. The molecule has 1 aromatic rings. The zero-order chi connectivity index (χ0) is 14.8. The summed E-state index contributed by atoms with van der Waals surface area (Å²) in [5.74, 6) is -0.670. The van der Waals surface area contributed by atoms with Crippen LogP contribution in [-0.4, -0.2) is 23.0 Å². The van der Waals surface area contributed by atoms with E-state index in [9.17, 15) is 15.0 Å². The lowest BCUT2D eigenvalue weighted by molar-refractivity contribution is -0.152. The topological polar surface area (TPSA) is 76.0 Å². The van der Waals surface area contributed by atoms with Crippen molar-refractivity contribution in [3.63, 3.8) is 0 Å². The summed E-state index contributed by atoms with van der Waals surface area (Å²) in [5, 5.41) is 20.1. The Morgan fingerprint density at radius 2 is 2.10 bits per heavy atom. The van der Waals surface area contributed by atoms with Crippen LogP contribution in [0.3, 0.4) is 0 Å². The van der Waals surface area contributed by atoms with Crippen molar-refractivity contribution in [2.24, 2.45) is 5.92 Å². The lowest BCUT2D eigenvalue weighted by atomic mass is 9.80. The van der Waals surface area contributed by atoms with Crippen LogP contribution >= 0.6 is 0 Å². The van der Waals surface area contributed by atoms with Gasteiger partial charge in [-0.1, -0.05) is 25.8 Å². The van der Waals surface area contributed by atoms with Crippen LogP contribution in [0.2, 0.25) is 0 Å². The van der Waals surface area contributed by atoms with Crippen LogP contribution in [0.4, 0.5) is 0 Å². The highest BCUT2D eigenvalue weighted by atomic mass is 16.7. The van der Waals surface area contributed by atoms with Crippen molar-refractivity contribution in [3.05, 3.63) is 23.8 Å². The molecule has 0 spiro atoms. The van der Waals surface area contributed by atoms with Gasteiger partial charge in [-0.15, -0.1) is 0 Å². The first kappa shape index (κ1) is 14.7. The van der Waals surface area contributed by atoms with Gasteiger partial charge in [-0.05, 0) is 31.0 Å². The molecule has 2 unspecified atom stereocenters. The largest absolute Gasteiger partial charge is 0.481 e. The van der Waals surface area contributed by atoms with Crippen molar-refractivity contribution < 1.29 is 24.5 Å². The fourth-order valence-electron chi connectivity index (χ4n) is 2.47. The summed E-state index contributed by atoms with van der Waals surface area (Å²) >= 11 is 0. The molecule has 0 saturated carbocycles. The van der Waals surface area contributed by atoms with Gasteiger partial charge < -0.3 is 19.7 Å². The first-order chi connectivity index (χ1) is 9.46. The molecule has 5 heteroatoms. The summed E-state index contributed by atoms with van der Waals surface area (Å²) in [6.07, 6.45) is 2.09. The molecule has 1 aliphatic rings. The van der Waals surface area contributed by atoms with Crippen molar-refractivity contribution in [2.75, 3.05) is 6.79 Å². The number of hydrogen-bond donors (Lipinski definition) is 2. The summed E-state index contributed by atoms with van der Waals surface area (Å²) in [7, 11) is 0. The second kappa shape index (κ2) is 5.71. The van der Waals surface area contributed by atoms with Gasteiger partial charge in [0.15, 0.2) is 11.5 Å². The quantitative estimate of drug-likeness (QED) is 0.837. The average molecular weight is 280 g/mol. The highest BCUT2D eigenvalue weighted by Gasteiger charge is 2.39. The third-order valence-electron chi connectivity index (χ3n) is 3.78. The number of hydrogen-bond acceptors (Lipinski definition) is 4. The molecule has 0 aliphatic carbocycles. The van der Waals surface area contributed by atoms with Crippen molar-refractivity contribution >= 4 is 5.97 Å². The Kier molecular flexibility index (Phi) is 4.18. The molecule has 110 valence electrons. The monoisotopic (exact) mass is 280 g/mol. The van der Waals surface area contributed by atoms with Crippen molar-refractivity contribution in [2.45, 2.75) is 38.7 Å². The number of rotatable bonds is 6. The zero-order valence-corrected chi connectivity index (χ0v) is 11.8. The maximum absolute atomic E-state index is 11.4. The second-order valence-corrected chi connectivity index (χ2v) is 5.25. The van der Waals surface area contributed by atoms with E-state index in [1.54, 1.807) is 25.1 Å². The van der Waals surface area contributed by atoms with Crippen molar-refractivity contribution in [1.29, 1.82) is 0 Å². The van der Waals surface area contributed by atoms with Gasteiger partial charge in [0.25, 0.3) is 0 Å². The lowest BCUT2D eigenvalue weighted by Crippen LogP contribution is -2.37. The fourth-order valence-corrected chi connectivity index (χ4v) is 2.47. The van der Waals surface area contributed by atoms with Crippen LogP contribution in [0, 0.1) is 5.92 Å². The SMILES string of the molecule is CCCCC(C(=O)O)C(C)(O)c1ccc2c(c1)OCO2. The molecule has 2 atom stereocenters. The normalized spacial score (nSPS) is 17.6. The Morgan fingerprint density at radius 1 is 1.40 bits per heavy atom. The highest BCUT2D eigenvalue weighted by Crippen LogP contribution is 2.39. The molecule has 20 heavy (non-hydrogen) atoms. The molecule has 5 nitrogen and oxygen atoms in total. The maximum atomic E-state index is 11.4. The summed E-state index contributed by atoms with van der Waals surface area (Å²) in [6, 6.07) is 5.05. The van der Waals surface area contributed by atoms with E-state index < -0.39 is 17.5 Å². The van der Waals surface area contributed by atoms with Gasteiger partial charge in [0.1, 0.15) is 5.60 Å². The summed E-state index contributed by atoms with van der Waals surface area (Å²) in [4.78, 5) is 11.4. The molecule has 1 aromatic carbocycles. The first-order valence-electron chi connectivity index (χ1n) is 6.82. The van der Waals surface area contributed by atoms with Crippen LogP contribution in [-0.2, 0) is 10.4 Å².